The van der Waals surface area contributed by atoms with E-state index in [0.717, 1.165) is 41.2 Å². The predicted octanol–water partition coefficient (Wildman–Crippen LogP) is 2.13. The molecule has 0 aromatic carbocycles. The molecule has 1 aliphatic heterocycles. The van der Waals surface area contributed by atoms with Crippen LogP contribution in [0.1, 0.15) is 24.8 Å². The van der Waals surface area contributed by atoms with Crippen molar-refractivity contribution in [2.45, 2.75) is 25.8 Å². The minimum absolute atomic E-state index is 0.687. The molecule has 142 valence electrons. The van der Waals surface area contributed by atoms with Gasteiger partial charge in [-0.15, -0.1) is 0 Å². The lowest BCUT2D eigenvalue weighted by Gasteiger charge is -2.26. The third-order valence-corrected chi connectivity index (χ3v) is 5.29. The molecule has 7 nitrogen and oxygen atoms in total. The lowest BCUT2D eigenvalue weighted by molar-refractivity contribution is 0.237. The Morgan fingerprint density at radius 2 is 2.00 bits per heavy atom. The Morgan fingerprint density at radius 3 is 2.81 bits per heavy atom. The molecular weight excluding hydrogens is 357 g/mol. The first-order valence-electron chi connectivity index (χ1n) is 9.53. The third-order valence-electron chi connectivity index (χ3n) is 4.88. The highest BCUT2D eigenvalue weighted by atomic mass is 31.0. The van der Waals surface area contributed by atoms with Gasteiger partial charge in [0.05, 0.1) is 6.20 Å². The van der Waals surface area contributed by atoms with Gasteiger partial charge in [0.15, 0.2) is 5.65 Å². The first-order valence-corrected chi connectivity index (χ1v) is 10.1. The van der Waals surface area contributed by atoms with E-state index >= 15 is 0 Å². The Balaban J connectivity index is 1.46. The van der Waals surface area contributed by atoms with E-state index < -0.39 is 0 Å². The zero-order valence-corrected chi connectivity index (χ0v) is 16.6. The number of piperidine rings is 1. The lowest BCUT2D eigenvalue weighted by atomic mass is 10.1. The van der Waals surface area contributed by atoms with E-state index in [1.165, 1.54) is 32.4 Å². The Bertz CT molecular complexity index is 874. The van der Waals surface area contributed by atoms with Crippen LogP contribution in [-0.4, -0.2) is 50.7 Å². The van der Waals surface area contributed by atoms with Crippen LogP contribution in [0.15, 0.2) is 36.8 Å². The summed E-state index contributed by atoms with van der Waals surface area (Å²) in [6.07, 6.45) is 9.48. The Hall–Kier alpha value is -2.24. The molecule has 0 amide bonds. The highest BCUT2D eigenvalue weighted by Crippen LogP contribution is 2.17. The predicted molar refractivity (Wildman–Crippen MR) is 113 cm³/mol. The molecule has 0 saturated carbocycles. The smallest absolute Gasteiger partial charge is 0.166 e. The number of rotatable bonds is 7. The number of fused-ring (bicyclic) bond motifs is 1. The van der Waals surface area contributed by atoms with Crippen LogP contribution in [0.5, 0.6) is 0 Å². The van der Waals surface area contributed by atoms with Crippen molar-refractivity contribution < 1.29 is 0 Å². The lowest BCUT2D eigenvalue weighted by Crippen LogP contribution is -2.33. The molecule has 1 unspecified atom stereocenters. The summed E-state index contributed by atoms with van der Waals surface area (Å²) in [5.74, 6) is 1.79. The first-order chi connectivity index (χ1) is 13.3. The molecule has 0 aliphatic carbocycles. The number of pyridine rings is 1. The van der Waals surface area contributed by atoms with Crippen molar-refractivity contribution in [1.29, 1.82) is 0 Å². The molecule has 4 rings (SSSR count). The molecule has 0 bridgehead atoms. The quantitative estimate of drug-likeness (QED) is 0.609. The molecular formula is C19H26N7P. The average Bonchev–Trinajstić information content (AvgIpc) is 3.09. The monoisotopic (exact) mass is 383 g/mol. The van der Waals surface area contributed by atoms with Crippen molar-refractivity contribution in [3.63, 3.8) is 0 Å². The largest absolute Gasteiger partial charge is 0.369 e. The average molecular weight is 383 g/mol. The standard InChI is InChI=1S/C19H26N7P/c27-16-14-23-26-18(22-13-15-5-4-6-20-12-15)11-17(24-19(16)26)21-7-10-25-8-2-1-3-9-25/h4-6,11-12,14,22H,1-3,7-10,13,27H2,(H,21,24). The summed E-state index contributed by atoms with van der Waals surface area (Å²) in [6.45, 7) is 5.06. The second-order valence-corrected chi connectivity index (χ2v) is 7.53. The zero-order valence-electron chi connectivity index (χ0n) is 15.4. The molecule has 3 aromatic rings. The summed E-state index contributed by atoms with van der Waals surface area (Å²) >= 11 is 0. The van der Waals surface area contributed by atoms with Gasteiger partial charge in [0.1, 0.15) is 11.6 Å². The van der Waals surface area contributed by atoms with Crippen LogP contribution < -0.4 is 15.9 Å². The maximum atomic E-state index is 4.73. The van der Waals surface area contributed by atoms with Crippen molar-refractivity contribution >= 4 is 31.8 Å². The van der Waals surface area contributed by atoms with Gasteiger partial charge in [0, 0.05) is 43.4 Å². The van der Waals surface area contributed by atoms with Crippen molar-refractivity contribution in [3.8, 4) is 0 Å². The molecule has 1 atom stereocenters. The number of likely N-dealkylation sites (tertiary alicyclic amines) is 1. The van der Waals surface area contributed by atoms with E-state index in [1.54, 1.807) is 6.20 Å². The summed E-state index contributed by atoms with van der Waals surface area (Å²) in [5.41, 5.74) is 1.97. The molecule has 0 spiro atoms. The fourth-order valence-corrected chi connectivity index (χ4v) is 3.67. The highest BCUT2D eigenvalue weighted by molar-refractivity contribution is 7.28. The summed E-state index contributed by atoms with van der Waals surface area (Å²) < 4.78 is 1.84. The normalized spacial score (nSPS) is 15.1. The van der Waals surface area contributed by atoms with Gasteiger partial charge in [-0.3, -0.25) is 4.98 Å². The number of hydrogen-bond donors (Lipinski definition) is 2. The van der Waals surface area contributed by atoms with Gasteiger partial charge in [-0.1, -0.05) is 21.7 Å². The first kappa shape index (κ1) is 18.1. The van der Waals surface area contributed by atoms with E-state index in [0.29, 0.717) is 6.54 Å². The van der Waals surface area contributed by atoms with Crippen molar-refractivity contribution in [2.75, 3.05) is 36.8 Å². The number of aromatic nitrogens is 4. The van der Waals surface area contributed by atoms with Crippen LogP contribution >= 0.6 is 9.24 Å². The summed E-state index contributed by atoms with van der Waals surface area (Å²) in [6, 6.07) is 6.03. The van der Waals surface area contributed by atoms with Crippen LogP contribution in [0, 0.1) is 0 Å². The van der Waals surface area contributed by atoms with Crippen molar-refractivity contribution in [1.82, 2.24) is 24.5 Å². The number of hydrogen-bond acceptors (Lipinski definition) is 6. The second-order valence-electron chi connectivity index (χ2n) is 6.91. The number of nitrogens with one attached hydrogen (secondary N) is 2. The fourth-order valence-electron chi connectivity index (χ4n) is 3.42. The third kappa shape index (κ3) is 4.54. The Kier molecular flexibility index (Phi) is 5.80. The van der Waals surface area contributed by atoms with Crippen molar-refractivity contribution in [2.24, 2.45) is 0 Å². The Morgan fingerprint density at radius 1 is 1.11 bits per heavy atom. The van der Waals surface area contributed by atoms with E-state index in [-0.39, 0.29) is 0 Å². The minimum Gasteiger partial charge on any atom is -0.369 e. The van der Waals surface area contributed by atoms with Gasteiger partial charge < -0.3 is 15.5 Å². The van der Waals surface area contributed by atoms with E-state index in [2.05, 4.69) is 40.9 Å². The maximum absolute atomic E-state index is 4.73. The molecule has 27 heavy (non-hydrogen) atoms. The number of nitrogens with zero attached hydrogens (tertiary/aromatic N) is 5. The van der Waals surface area contributed by atoms with Crippen LogP contribution in [-0.2, 0) is 6.54 Å². The van der Waals surface area contributed by atoms with E-state index in [4.69, 9.17) is 4.98 Å². The SMILES string of the molecule is Pc1cnn2c(NCc3cccnc3)cc(NCCN3CCCCC3)nc12. The highest BCUT2D eigenvalue weighted by Gasteiger charge is 2.11. The summed E-state index contributed by atoms with van der Waals surface area (Å²) in [4.78, 5) is 11.4. The molecule has 1 aliphatic rings. The van der Waals surface area contributed by atoms with Crippen molar-refractivity contribution in [3.05, 3.63) is 42.4 Å². The van der Waals surface area contributed by atoms with Gasteiger partial charge in [-0.2, -0.15) is 9.61 Å². The topological polar surface area (TPSA) is 70.4 Å². The molecule has 3 aromatic heterocycles. The van der Waals surface area contributed by atoms with Gasteiger partial charge in [0.2, 0.25) is 0 Å². The van der Waals surface area contributed by atoms with Crippen LogP contribution in [0.25, 0.3) is 5.65 Å². The van der Waals surface area contributed by atoms with Crippen LogP contribution in [0.4, 0.5) is 11.6 Å². The van der Waals surface area contributed by atoms with Gasteiger partial charge >= 0.3 is 0 Å². The van der Waals surface area contributed by atoms with Gasteiger partial charge in [-0.25, -0.2) is 4.98 Å². The maximum Gasteiger partial charge on any atom is 0.166 e. The fraction of sp³-hybridized carbons (Fsp3) is 0.421. The number of anilines is 2. The summed E-state index contributed by atoms with van der Waals surface area (Å²) in [5, 5.41) is 12.4. The van der Waals surface area contributed by atoms with E-state index in [1.807, 2.05) is 29.0 Å². The van der Waals surface area contributed by atoms with Gasteiger partial charge in [-0.05, 0) is 37.6 Å². The molecule has 1 fully saturated rings. The van der Waals surface area contributed by atoms with Crippen LogP contribution in [0.2, 0.25) is 0 Å². The molecule has 0 radical (unpaired) electrons. The molecule has 1 saturated heterocycles. The molecule has 8 heteroatoms. The summed E-state index contributed by atoms with van der Waals surface area (Å²) in [7, 11) is 2.71. The Labute approximate surface area is 161 Å². The zero-order chi connectivity index (χ0) is 18.5. The van der Waals surface area contributed by atoms with Crippen LogP contribution in [0.3, 0.4) is 0 Å². The minimum atomic E-state index is 0.687. The molecule has 2 N–H and O–H groups in total. The van der Waals surface area contributed by atoms with E-state index in [9.17, 15) is 0 Å². The van der Waals surface area contributed by atoms with Gasteiger partial charge in [0.25, 0.3) is 0 Å². The molecule has 4 heterocycles. The second kappa shape index (κ2) is 8.63.